The molecule has 94 valence electrons. The third-order valence-corrected chi connectivity index (χ3v) is 4.30. The Hall–Kier alpha value is -0.120. The van der Waals surface area contributed by atoms with Crippen molar-refractivity contribution in [3.05, 3.63) is 0 Å². The number of likely N-dealkylation sites (tertiary alicyclic amines) is 1. The first-order chi connectivity index (χ1) is 7.74. The maximum atomic E-state index is 5.95. The molecule has 0 aromatic carbocycles. The van der Waals surface area contributed by atoms with E-state index in [2.05, 4.69) is 18.7 Å². The van der Waals surface area contributed by atoms with E-state index in [0.717, 1.165) is 25.0 Å². The second-order valence-corrected chi connectivity index (χ2v) is 5.38. The van der Waals surface area contributed by atoms with E-state index in [1.54, 1.807) is 0 Å². The van der Waals surface area contributed by atoms with Crippen molar-refractivity contribution >= 4 is 0 Å². The fourth-order valence-electron chi connectivity index (χ4n) is 3.22. The molecule has 0 aliphatic carbocycles. The molecule has 2 N–H and O–H groups in total. The van der Waals surface area contributed by atoms with Gasteiger partial charge in [0.25, 0.3) is 0 Å². The summed E-state index contributed by atoms with van der Waals surface area (Å²) >= 11 is 0. The van der Waals surface area contributed by atoms with E-state index in [0.29, 0.717) is 18.8 Å². The lowest BCUT2D eigenvalue weighted by atomic mass is 10.1. The molecule has 0 bridgehead atoms. The van der Waals surface area contributed by atoms with Crippen molar-refractivity contribution in [1.29, 1.82) is 0 Å². The van der Waals surface area contributed by atoms with Crippen molar-refractivity contribution in [2.45, 2.75) is 70.2 Å². The summed E-state index contributed by atoms with van der Waals surface area (Å²) in [5, 5.41) is 0. The van der Waals surface area contributed by atoms with Crippen LogP contribution in [-0.2, 0) is 4.74 Å². The first-order valence-corrected chi connectivity index (χ1v) is 6.85. The Morgan fingerprint density at radius 1 is 1.19 bits per heavy atom. The lowest BCUT2D eigenvalue weighted by Crippen LogP contribution is -2.40. The second-order valence-electron chi connectivity index (χ2n) is 5.38. The van der Waals surface area contributed by atoms with Crippen LogP contribution in [0, 0.1) is 0 Å². The number of hydrogen-bond acceptors (Lipinski definition) is 3. The number of nitrogens with zero attached hydrogens (tertiary/aromatic N) is 1. The third-order valence-electron chi connectivity index (χ3n) is 4.30. The normalized spacial score (nSPS) is 40.7. The molecule has 0 aromatic rings. The van der Waals surface area contributed by atoms with Crippen LogP contribution in [0.1, 0.15) is 46.0 Å². The van der Waals surface area contributed by atoms with Crippen molar-refractivity contribution in [3.8, 4) is 0 Å². The van der Waals surface area contributed by atoms with Crippen molar-refractivity contribution in [3.63, 3.8) is 0 Å². The van der Waals surface area contributed by atoms with Crippen LogP contribution in [0.25, 0.3) is 0 Å². The summed E-state index contributed by atoms with van der Waals surface area (Å²) in [6, 6.07) is 1.53. The summed E-state index contributed by atoms with van der Waals surface area (Å²) < 4.78 is 5.95. The molecule has 0 aromatic heterocycles. The van der Waals surface area contributed by atoms with Crippen molar-refractivity contribution in [2.24, 2.45) is 5.73 Å². The van der Waals surface area contributed by atoms with Crippen LogP contribution in [0.5, 0.6) is 0 Å². The van der Waals surface area contributed by atoms with Crippen LogP contribution in [0.3, 0.4) is 0 Å². The summed E-state index contributed by atoms with van der Waals surface area (Å²) in [6.07, 6.45) is 7.10. The largest absolute Gasteiger partial charge is 0.372 e. The highest BCUT2D eigenvalue weighted by atomic mass is 16.5. The van der Waals surface area contributed by atoms with Crippen LogP contribution in [0.2, 0.25) is 0 Å². The Morgan fingerprint density at radius 2 is 1.94 bits per heavy atom. The Balaban J connectivity index is 1.84. The second kappa shape index (κ2) is 5.48. The predicted molar refractivity (Wildman–Crippen MR) is 66.4 cm³/mol. The van der Waals surface area contributed by atoms with Gasteiger partial charge in [0.05, 0.1) is 12.2 Å². The van der Waals surface area contributed by atoms with Crippen LogP contribution in [-0.4, -0.2) is 42.3 Å². The Morgan fingerprint density at radius 3 is 2.56 bits per heavy atom. The van der Waals surface area contributed by atoms with Gasteiger partial charge in [0.2, 0.25) is 0 Å². The number of ether oxygens (including phenoxy) is 1. The Kier molecular flexibility index (Phi) is 4.22. The topological polar surface area (TPSA) is 38.5 Å². The number of nitrogens with two attached hydrogens (primary N) is 1. The van der Waals surface area contributed by atoms with Crippen LogP contribution in [0.4, 0.5) is 0 Å². The molecule has 2 saturated heterocycles. The quantitative estimate of drug-likeness (QED) is 0.794. The molecular weight excluding hydrogens is 200 g/mol. The van der Waals surface area contributed by atoms with Gasteiger partial charge in [-0.15, -0.1) is 0 Å². The van der Waals surface area contributed by atoms with Gasteiger partial charge in [-0.3, -0.25) is 4.90 Å². The predicted octanol–water partition coefficient (Wildman–Crippen LogP) is 1.76. The molecule has 2 rings (SSSR count). The maximum Gasteiger partial charge on any atom is 0.0707 e. The summed E-state index contributed by atoms with van der Waals surface area (Å²) in [6.45, 7) is 6.46. The molecular formula is C13H26N2O. The molecule has 3 heteroatoms. The van der Waals surface area contributed by atoms with E-state index in [4.69, 9.17) is 10.5 Å². The van der Waals surface area contributed by atoms with E-state index in [1.807, 2.05) is 0 Å². The molecule has 2 aliphatic heterocycles. The molecule has 4 unspecified atom stereocenters. The fourth-order valence-corrected chi connectivity index (χ4v) is 3.22. The zero-order valence-corrected chi connectivity index (χ0v) is 10.7. The minimum absolute atomic E-state index is 0.322. The van der Waals surface area contributed by atoms with Gasteiger partial charge in [-0.05, 0) is 39.0 Å². The smallest absolute Gasteiger partial charge is 0.0707 e. The first kappa shape index (κ1) is 12.3. The molecule has 0 amide bonds. The van der Waals surface area contributed by atoms with Gasteiger partial charge in [0, 0.05) is 25.2 Å². The molecule has 2 fully saturated rings. The van der Waals surface area contributed by atoms with Crippen LogP contribution >= 0.6 is 0 Å². The highest BCUT2D eigenvalue weighted by Crippen LogP contribution is 2.29. The standard InChI is InChI=1S/C13H26N2O/c1-3-11-5-4-10(2)15(11)9-13-7-6-12(8-14)16-13/h10-13H,3-9,14H2,1-2H3. The van der Waals surface area contributed by atoms with Crippen LogP contribution in [0.15, 0.2) is 0 Å². The average molecular weight is 226 g/mol. The Labute approximate surface area is 99.3 Å². The molecule has 4 atom stereocenters. The van der Waals surface area contributed by atoms with E-state index in [-0.39, 0.29) is 0 Å². The molecule has 2 aliphatic rings. The molecule has 16 heavy (non-hydrogen) atoms. The summed E-state index contributed by atoms with van der Waals surface area (Å²) in [5.41, 5.74) is 5.65. The van der Waals surface area contributed by atoms with Gasteiger partial charge in [-0.1, -0.05) is 6.92 Å². The van der Waals surface area contributed by atoms with E-state index in [9.17, 15) is 0 Å². The molecule has 3 nitrogen and oxygen atoms in total. The summed E-state index contributed by atoms with van der Waals surface area (Å²) in [5.74, 6) is 0. The Bertz CT molecular complexity index is 222. The first-order valence-electron chi connectivity index (χ1n) is 6.85. The molecule has 0 radical (unpaired) electrons. The monoisotopic (exact) mass is 226 g/mol. The highest BCUT2D eigenvalue weighted by molar-refractivity contribution is 4.87. The van der Waals surface area contributed by atoms with Crippen LogP contribution < -0.4 is 5.73 Å². The zero-order chi connectivity index (χ0) is 11.5. The van der Waals surface area contributed by atoms with Crippen molar-refractivity contribution in [2.75, 3.05) is 13.1 Å². The van der Waals surface area contributed by atoms with Gasteiger partial charge < -0.3 is 10.5 Å². The van der Waals surface area contributed by atoms with E-state index < -0.39 is 0 Å². The molecule has 2 heterocycles. The lowest BCUT2D eigenvalue weighted by molar-refractivity contribution is 0.0169. The number of rotatable bonds is 4. The summed E-state index contributed by atoms with van der Waals surface area (Å²) in [4.78, 5) is 2.66. The molecule has 0 saturated carbocycles. The summed E-state index contributed by atoms with van der Waals surface area (Å²) in [7, 11) is 0. The van der Waals surface area contributed by atoms with Gasteiger partial charge in [-0.2, -0.15) is 0 Å². The van der Waals surface area contributed by atoms with Gasteiger partial charge in [-0.25, -0.2) is 0 Å². The van der Waals surface area contributed by atoms with Crippen molar-refractivity contribution < 1.29 is 4.74 Å². The van der Waals surface area contributed by atoms with Gasteiger partial charge in [0.15, 0.2) is 0 Å². The van der Waals surface area contributed by atoms with Gasteiger partial charge in [0.1, 0.15) is 0 Å². The van der Waals surface area contributed by atoms with E-state index in [1.165, 1.54) is 25.7 Å². The third kappa shape index (κ3) is 2.58. The maximum absolute atomic E-state index is 5.95. The van der Waals surface area contributed by atoms with E-state index >= 15 is 0 Å². The SMILES string of the molecule is CCC1CCC(C)N1CC1CCC(CN)O1. The zero-order valence-electron chi connectivity index (χ0n) is 10.7. The van der Waals surface area contributed by atoms with Gasteiger partial charge >= 0.3 is 0 Å². The highest BCUT2D eigenvalue weighted by Gasteiger charge is 2.33. The van der Waals surface area contributed by atoms with Crippen molar-refractivity contribution in [1.82, 2.24) is 4.90 Å². The minimum Gasteiger partial charge on any atom is -0.372 e. The fraction of sp³-hybridized carbons (Fsp3) is 1.00. The molecule has 0 spiro atoms. The average Bonchev–Trinajstić information content (AvgIpc) is 2.88. The minimum atomic E-state index is 0.322. The number of hydrogen-bond donors (Lipinski definition) is 1. The lowest BCUT2D eigenvalue weighted by Gasteiger charge is -2.30.